The summed E-state index contributed by atoms with van der Waals surface area (Å²) < 4.78 is 0. The van der Waals surface area contributed by atoms with Gasteiger partial charge >= 0.3 is 0 Å². The predicted octanol–water partition coefficient (Wildman–Crippen LogP) is 0.278. The minimum Gasteiger partial charge on any atom is -0.382 e. The van der Waals surface area contributed by atoms with Gasteiger partial charge in [0.2, 0.25) is 0 Å². The summed E-state index contributed by atoms with van der Waals surface area (Å²) in [6.45, 7) is 4.18. The smallest absolute Gasteiger partial charge is 0.265 e. The maximum atomic E-state index is 12.0. The lowest BCUT2D eigenvalue weighted by atomic mass is 10.3. The third-order valence-corrected chi connectivity index (χ3v) is 4.15. The van der Waals surface area contributed by atoms with E-state index in [9.17, 15) is 4.79 Å². The van der Waals surface area contributed by atoms with Crippen molar-refractivity contribution >= 4 is 28.2 Å². The van der Waals surface area contributed by atoms with Crippen LogP contribution in [0.3, 0.4) is 0 Å². The number of aromatic nitrogens is 1. The molecule has 0 bridgehead atoms. The Morgan fingerprint density at radius 1 is 1.55 bits per heavy atom. The minimum atomic E-state index is -0.168. The summed E-state index contributed by atoms with van der Waals surface area (Å²) in [5.74, 6) is 2.68. The number of anilines is 2. The van der Waals surface area contributed by atoms with Crippen LogP contribution in [0.15, 0.2) is 0 Å². The monoisotopic (exact) mass is 293 g/mol. The lowest BCUT2D eigenvalue weighted by molar-refractivity contribution is 0.0958. The van der Waals surface area contributed by atoms with Crippen LogP contribution >= 0.6 is 11.3 Å². The van der Waals surface area contributed by atoms with Gasteiger partial charge in [0.1, 0.15) is 10.7 Å². The van der Waals surface area contributed by atoms with Gasteiger partial charge < -0.3 is 21.3 Å². The normalized spacial score (nSPS) is 14.8. The topological polar surface area (TPSA) is 83.3 Å². The molecule has 2 rings (SSSR count). The Balaban J connectivity index is 1.96. The molecule has 1 aromatic rings. The fraction of sp³-hybridized carbons (Fsp3) is 0.538. The number of unbranched alkanes of at least 4 members (excludes halogenated alkanes) is 1. The summed E-state index contributed by atoms with van der Waals surface area (Å²) in [6, 6.07) is 0. The first kappa shape index (κ1) is 14.6. The standard InChI is InChI=1S/C13H19N5OS/c1-2-3-4-5-16-12(19)10-11(14)17-13(20-10)18-8-6-15-7-9-18/h1,15H,3-9,14H2,(H,16,19). The molecule has 1 aliphatic rings. The van der Waals surface area contributed by atoms with Crippen LogP contribution in [-0.4, -0.2) is 43.6 Å². The Bertz CT molecular complexity index is 501. The second-order valence-corrected chi connectivity index (χ2v) is 5.49. The van der Waals surface area contributed by atoms with Crippen LogP contribution in [0.4, 0.5) is 10.9 Å². The zero-order valence-corrected chi connectivity index (χ0v) is 12.1. The fourth-order valence-corrected chi connectivity index (χ4v) is 2.90. The van der Waals surface area contributed by atoms with Crippen LogP contribution in [0, 0.1) is 12.3 Å². The molecular formula is C13H19N5OS. The number of nitrogens with zero attached hydrogens (tertiary/aromatic N) is 2. The Labute approximate surface area is 122 Å². The van der Waals surface area contributed by atoms with E-state index in [1.807, 2.05) is 0 Å². The average Bonchev–Trinajstić information content (AvgIpc) is 2.86. The van der Waals surface area contributed by atoms with Gasteiger partial charge in [-0.05, 0) is 6.42 Å². The van der Waals surface area contributed by atoms with E-state index in [4.69, 9.17) is 12.2 Å². The van der Waals surface area contributed by atoms with Gasteiger partial charge in [-0.25, -0.2) is 4.98 Å². The van der Waals surface area contributed by atoms with Crippen molar-refractivity contribution in [2.24, 2.45) is 0 Å². The van der Waals surface area contributed by atoms with Gasteiger partial charge in [-0.2, -0.15) is 0 Å². The van der Waals surface area contributed by atoms with Crippen molar-refractivity contribution in [3.63, 3.8) is 0 Å². The van der Waals surface area contributed by atoms with E-state index in [2.05, 4.69) is 26.4 Å². The molecule has 1 saturated heterocycles. The Morgan fingerprint density at radius 2 is 2.30 bits per heavy atom. The first-order valence-electron chi connectivity index (χ1n) is 6.66. The van der Waals surface area contributed by atoms with Crippen LogP contribution in [0.1, 0.15) is 22.5 Å². The number of piperazine rings is 1. The quantitative estimate of drug-likeness (QED) is 0.536. The molecule has 0 unspecified atom stereocenters. The summed E-state index contributed by atoms with van der Waals surface area (Å²) in [7, 11) is 0. The van der Waals surface area contributed by atoms with Gasteiger partial charge in [0.15, 0.2) is 5.13 Å². The molecule has 6 nitrogen and oxygen atoms in total. The number of terminal acetylenes is 1. The van der Waals surface area contributed by atoms with Crippen LogP contribution in [-0.2, 0) is 0 Å². The SMILES string of the molecule is C#CCCCNC(=O)c1sc(N2CCNCC2)nc1N. The number of hydrogen-bond acceptors (Lipinski definition) is 6. The zero-order chi connectivity index (χ0) is 14.4. The Morgan fingerprint density at radius 3 is 3.00 bits per heavy atom. The second-order valence-electron chi connectivity index (χ2n) is 4.51. The number of carbonyl (C=O) groups is 1. The van der Waals surface area contributed by atoms with Crippen molar-refractivity contribution in [2.75, 3.05) is 43.4 Å². The molecule has 0 spiro atoms. The second kappa shape index (κ2) is 7.12. The van der Waals surface area contributed by atoms with Crippen molar-refractivity contribution in [2.45, 2.75) is 12.8 Å². The third-order valence-electron chi connectivity index (χ3n) is 3.02. The maximum Gasteiger partial charge on any atom is 0.265 e. The molecule has 108 valence electrons. The van der Waals surface area contributed by atoms with Crippen molar-refractivity contribution in [3.05, 3.63) is 4.88 Å². The first-order chi connectivity index (χ1) is 9.72. The lowest BCUT2D eigenvalue weighted by Crippen LogP contribution is -2.43. The van der Waals surface area contributed by atoms with Crippen molar-refractivity contribution in [1.29, 1.82) is 0 Å². The first-order valence-corrected chi connectivity index (χ1v) is 7.47. The lowest BCUT2D eigenvalue weighted by Gasteiger charge is -2.26. The summed E-state index contributed by atoms with van der Waals surface area (Å²) in [5, 5.41) is 6.91. The van der Waals surface area contributed by atoms with E-state index in [1.165, 1.54) is 11.3 Å². The number of nitrogens with two attached hydrogens (primary N) is 1. The molecule has 0 radical (unpaired) electrons. The Hall–Kier alpha value is -1.78. The molecule has 0 saturated carbocycles. The number of rotatable bonds is 5. The molecule has 1 fully saturated rings. The average molecular weight is 293 g/mol. The van der Waals surface area contributed by atoms with Crippen molar-refractivity contribution in [3.8, 4) is 12.3 Å². The highest BCUT2D eigenvalue weighted by atomic mass is 32.1. The molecule has 20 heavy (non-hydrogen) atoms. The number of nitrogen functional groups attached to an aromatic ring is 1. The largest absolute Gasteiger partial charge is 0.382 e. The zero-order valence-electron chi connectivity index (χ0n) is 11.3. The molecule has 0 aromatic carbocycles. The molecule has 1 aromatic heterocycles. The van der Waals surface area contributed by atoms with Crippen LogP contribution < -0.4 is 21.3 Å². The maximum absolute atomic E-state index is 12.0. The van der Waals surface area contributed by atoms with Crippen molar-refractivity contribution in [1.82, 2.24) is 15.6 Å². The highest BCUT2D eigenvalue weighted by Crippen LogP contribution is 2.28. The highest BCUT2D eigenvalue weighted by molar-refractivity contribution is 7.18. The van der Waals surface area contributed by atoms with Crippen LogP contribution in [0.2, 0.25) is 0 Å². The van der Waals surface area contributed by atoms with E-state index >= 15 is 0 Å². The molecule has 1 amide bonds. The molecule has 7 heteroatoms. The van der Waals surface area contributed by atoms with Gasteiger partial charge in [0.05, 0.1) is 0 Å². The summed E-state index contributed by atoms with van der Waals surface area (Å²) >= 11 is 1.35. The molecule has 0 aliphatic carbocycles. The molecule has 0 atom stereocenters. The van der Waals surface area contributed by atoms with Gasteiger partial charge in [-0.3, -0.25) is 4.79 Å². The van der Waals surface area contributed by atoms with Crippen LogP contribution in [0.25, 0.3) is 0 Å². The summed E-state index contributed by atoms with van der Waals surface area (Å²) in [5.41, 5.74) is 5.84. The predicted molar refractivity (Wildman–Crippen MR) is 82.0 cm³/mol. The molecule has 4 N–H and O–H groups in total. The number of carbonyl (C=O) groups excluding carboxylic acids is 1. The van der Waals surface area contributed by atoms with E-state index in [1.54, 1.807) is 0 Å². The van der Waals surface area contributed by atoms with Crippen LogP contribution in [0.5, 0.6) is 0 Å². The summed E-state index contributed by atoms with van der Waals surface area (Å²) in [6.07, 6.45) is 6.59. The van der Waals surface area contributed by atoms with Gasteiger partial charge in [-0.1, -0.05) is 11.3 Å². The van der Waals surface area contributed by atoms with Crippen molar-refractivity contribution < 1.29 is 4.79 Å². The van der Waals surface area contributed by atoms with E-state index < -0.39 is 0 Å². The van der Waals surface area contributed by atoms with E-state index in [0.29, 0.717) is 23.7 Å². The number of amides is 1. The Kier molecular flexibility index (Phi) is 5.21. The number of hydrogen-bond donors (Lipinski definition) is 3. The van der Waals surface area contributed by atoms with E-state index in [0.717, 1.165) is 37.7 Å². The highest BCUT2D eigenvalue weighted by Gasteiger charge is 2.20. The number of nitrogens with one attached hydrogen (secondary N) is 2. The van der Waals surface area contributed by atoms with Gasteiger partial charge in [0, 0.05) is 39.1 Å². The summed E-state index contributed by atoms with van der Waals surface area (Å²) in [4.78, 5) is 19.0. The molecule has 1 aliphatic heterocycles. The molecule has 2 heterocycles. The third kappa shape index (κ3) is 3.62. The van der Waals surface area contributed by atoms with Gasteiger partial charge in [-0.15, -0.1) is 12.3 Å². The minimum absolute atomic E-state index is 0.168. The molecular weight excluding hydrogens is 274 g/mol. The van der Waals surface area contributed by atoms with E-state index in [-0.39, 0.29) is 5.91 Å². The van der Waals surface area contributed by atoms with Gasteiger partial charge in [0.25, 0.3) is 5.91 Å². The fourth-order valence-electron chi connectivity index (χ4n) is 1.95. The number of thiazole rings is 1.